The van der Waals surface area contributed by atoms with Gasteiger partial charge in [-0.05, 0) is 37.1 Å². The Morgan fingerprint density at radius 3 is 2.77 bits per heavy atom. The van der Waals surface area contributed by atoms with E-state index in [1.165, 1.54) is 16.8 Å². The molecule has 2 amide bonds. The van der Waals surface area contributed by atoms with E-state index in [-0.39, 0.29) is 18.0 Å². The lowest BCUT2D eigenvalue weighted by Gasteiger charge is -2.11. The molecule has 2 N–H and O–H groups in total. The lowest BCUT2D eigenvalue weighted by molar-refractivity contribution is -0.384. The van der Waals surface area contributed by atoms with E-state index in [1.54, 1.807) is 25.1 Å². The third kappa shape index (κ3) is 3.87. The number of nitrogens with one attached hydrogen (secondary N) is 2. The van der Waals surface area contributed by atoms with Gasteiger partial charge in [0.1, 0.15) is 11.9 Å². The fourth-order valence-corrected chi connectivity index (χ4v) is 3.80. The summed E-state index contributed by atoms with van der Waals surface area (Å²) < 4.78 is 1.51. The highest BCUT2D eigenvalue weighted by Gasteiger charge is 2.36. The molecule has 1 aromatic heterocycles. The van der Waals surface area contributed by atoms with E-state index in [2.05, 4.69) is 15.7 Å². The molecule has 0 radical (unpaired) electrons. The average molecular weight is 440 g/mol. The summed E-state index contributed by atoms with van der Waals surface area (Å²) in [5, 5.41) is 21.5. The molecule has 1 unspecified atom stereocenters. The largest absolute Gasteiger partial charge is 0.326 e. The maximum absolute atomic E-state index is 12.6. The lowest BCUT2D eigenvalue weighted by atomic mass is 10.1. The lowest BCUT2D eigenvalue weighted by Crippen LogP contribution is -2.24. The smallest absolute Gasteiger partial charge is 0.271 e. The molecule has 0 saturated carbocycles. The molecule has 0 aliphatic carbocycles. The van der Waals surface area contributed by atoms with Gasteiger partial charge in [0.25, 0.3) is 11.6 Å². The average Bonchev–Trinajstić information content (AvgIpc) is 3.17. The topological polar surface area (TPSA) is 119 Å². The minimum Gasteiger partial charge on any atom is -0.326 e. The molecular formula is C21H18ClN5O4. The standard InChI is InChI=1S/C21H18ClN5O4/c1-11-6-7-15(27(30)31)9-16(11)23-18(28)10-17-21(29)24-20-19(12(2)25-26(17)20)13-4-3-5-14(22)8-13/h3-9,17H,10H2,1-2H3,(H,23,28)(H,24,29). The minimum absolute atomic E-state index is 0.129. The van der Waals surface area contributed by atoms with Gasteiger partial charge in [-0.15, -0.1) is 0 Å². The van der Waals surface area contributed by atoms with Crippen LogP contribution >= 0.6 is 11.6 Å². The number of nitrogens with zero attached hydrogens (tertiary/aromatic N) is 3. The number of benzene rings is 2. The first-order valence-electron chi connectivity index (χ1n) is 9.45. The van der Waals surface area contributed by atoms with Crippen molar-refractivity contribution in [3.63, 3.8) is 0 Å². The number of non-ortho nitro benzene ring substituents is 1. The van der Waals surface area contributed by atoms with Crippen molar-refractivity contribution in [2.24, 2.45) is 0 Å². The van der Waals surface area contributed by atoms with E-state index in [9.17, 15) is 19.7 Å². The molecule has 0 bridgehead atoms. The fraction of sp³-hybridized carbons (Fsp3) is 0.190. The quantitative estimate of drug-likeness (QED) is 0.455. The van der Waals surface area contributed by atoms with Gasteiger partial charge in [0, 0.05) is 22.7 Å². The van der Waals surface area contributed by atoms with Crippen molar-refractivity contribution < 1.29 is 14.5 Å². The van der Waals surface area contributed by atoms with Gasteiger partial charge in [0.15, 0.2) is 0 Å². The summed E-state index contributed by atoms with van der Waals surface area (Å²) >= 11 is 6.10. The maximum Gasteiger partial charge on any atom is 0.271 e. The molecule has 3 aromatic rings. The Balaban J connectivity index is 1.59. The molecule has 1 atom stereocenters. The maximum atomic E-state index is 12.6. The molecule has 2 aromatic carbocycles. The summed E-state index contributed by atoms with van der Waals surface area (Å²) in [6.45, 7) is 3.55. The predicted octanol–water partition coefficient (Wildman–Crippen LogP) is 4.25. The van der Waals surface area contributed by atoms with E-state index >= 15 is 0 Å². The molecule has 2 heterocycles. The second-order valence-electron chi connectivity index (χ2n) is 7.28. The number of amides is 2. The summed E-state index contributed by atoms with van der Waals surface area (Å²) in [5.41, 5.74) is 3.12. The summed E-state index contributed by atoms with van der Waals surface area (Å²) in [6.07, 6.45) is -0.170. The summed E-state index contributed by atoms with van der Waals surface area (Å²) in [5.74, 6) is -0.292. The Hall–Kier alpha value is -3.72. The van der Waals surface area contributed by atoms with Crippen molar-refractivity contribution in [3.8, 4) is 11.1 Å². The molecule has 158 valence electrons. The second kappa shape index (κ2) is 7.84. The molecular weight excluding hydrogens is 422 g/mol. The van der Waals surface area contributed by atoms with Crippen LogP contribution in [0.5, 0.6) is 0 Å². The summed E-state index contributed by atoms with van der Waals surface area (Å²) in [7, 11) is 0. The third-order valence-electron chi connectivity index (χ3n) is 5.12. The Labute approximate surface area is 182 Å². The molecule has 9 nitrogen and oxygen atoms in total. The number of halogens is 1. The third-order valence-corrected chi connectivity index (χ3v) is 5.36. The van der Waals surface area contributed by atoms with Crippen molar-refractivity contribution >= 4 is 40.6 Å². The van der Waals surface area contributed by atoms with Crippen LogP contribution in [-0.4, -0.2) is 26.5 Å². The molecule has 31 heavy (non-hydrogen) atoms. The van der Waals surface area contributed by atoms with Crippen molar-refractivity contribution in [1.29, 1.82) is 0 Å². The predicted molar refractivity (Wildman–Crippen MR) is 116 cm³/mol. The van der Waals surface area contributed by atoms with E-state index in [4.69, 9.17) is 11.6 Å². The SMILES string of the molecule is Cc1ccc([N+](=O)[O-])cc1NC(=O)CC1C(=O)Nc2c(-c3cccc(Cl)c3)c(C)nn21. The molecule has 1 aliphatic heterocycles. The highest BCUT2D eigenvalue weighted by Crippen LogP contribution is 2.39. The van der Waals surface area contributed by atoms with Crippen LogP contribution < -0.4 is 10.6 Å². The first kappa shape index (κ1) is 20.5. The van der Waals surface area contributed by atoms with Gasteiger partial charge in [0.2, 0.25) is 5.91 Å². The molecule has 0 spiro atoms. The minimum atomic E-state index is -0.833. The van der Waals surface area contributed by atoms with Gasteiger partial charge in [-0.2, -0.15) is 5.10 Å². The molecule has 0 saturated heterocycles. The Kier molecular flexibility index (Phi) is 5.20. The number of rotatable bonds is 5. The number of hydrogen-bond donors (Lipinski definition) is 2. The number of carbonyl (C=O) groups excluding carboxylic acids is 2. The van der Waals surface area contributed by atoms with E-state index in [0.717, 1.165) is 11.1 Å². The van der Waals surface area contributed by atoms with Crippen LogP contribution in [0.4, 0.5) is 17.2 Å². The van der Waals surface area contributed by atoms with Crippen molar-refractivity contribution in [2.45, 2.75) is 26.3 Å². The zero-order chi connectivity index (χ0) is 22.3. The highest BCUT2D eigenvalue weighted by atomic mass is 35.5. The second-order valence-corrected chi connectivity index (χ2v) is 7.71. The number of fused-ring (bicyclic) bond motifs is 1. The van der Waals surface area contributed by atoms with Gasteiger partial charge in [-0.25, -0.2) is 4.68 Å². The van der Waals surface area contributed by atoms with Crippen molar-refractivity contribution in [2.75, 3.05) is 10.6 Å². The summed E-state index contributed by atoms with van der Waals surface area (Å²) in [6, 6.07) is 10.6. The van der Waals surface area contributed by atoms with Crippen molar-refractivity contribution in [1.82, 2.24) is 9.78 Å². The van der Waals surface area contributed by atoms with Gasteiger partial charge < -0.3 is 10.6 Å². The molecule has 1 aliphatic rings. The zero-order valence-electron chi connectivity index (χ0n) is 16.7. The van der Waals surface area contributed by atoms with Crippen LogP contribution in [0.25, 0.3) is 11.1 Å². The Bertz CT molecular complexity index is 1240. The zero-order valence-corrected chi connectivity index (χ0v) is 17.4. The van der Waals surface area contributed by atoms with E-state index in [1.807, 2.05) is 19.1 Å². The van der Waals surface area contributed by atoms with Gasteiger partial charge in [-0.1, -0.05) is 29.8 Å². The summed E-state index contributed by atoms with van der Waals surface area (Å²) in [4.78, 5) is 35.7. The Morgan fingerprint density at radius 1 is 1.29 bits per heavy atom. The van der Waals surface area contributed by atoms with Crippen LogP contribution in [0.2, 0.25) is 5.02 Å². The number of nitro benzene ring substituents is 1. The number of nitro groups is 1. The van der Waals surface area contributed by atoms with Crippen molar-refractivity contribution in [3.05, 3.63) is 68.9 Å². The van der Waals surface area contributed by atoms with Crippen LogP contribution in [-0.2, 0) is 9.59 Å². The number of anilines is 2. The molecule has 0 fully saturated rings. The number of carbonyl (C=O) groups is 2. The first-order valence-corrected chi connectivity index (χ1v) is 9.83. The van der Waals surface area contributed by atoms with Crippen LogP contribution in [0, 0.1) is 24.0 Å². The highest BCUT2D eigenvalue weighted by molar-refractivity contribution is 6.30. The molecule has 4 rings (SSSR count). The van der Waals surface area contributed by atoms with Crippen LogP contribution in [0.15, 0.2) is 42.5 Å². The molecule has 10 heteroatoms. The number of hydrogen-bond acceptors (Lipinski definition) is 5. The Morgan fingerprint density at radius 2 is 2.06 bits per heavy atom. The van der Waals surface area contributed by atoms with E-state index in [0.29, 0.717) is 27.8 Å². The van der Waals surface area contributed by atoms with Gasteiger partial charge in [-0.3, -0.25) is 19.7 Å². The number of aromatic nitrogens is 2. The monoisotopic (exact) mass is 439 g/mol. The van der Waals surface area contributed by atoms with Crippen LogP contribution in [0.1, 0.15) is 23.7 Å². The van der Waals surface area contributed by atoms with Gasteiger partial charge in [0.05, 0.1) is 22.7 Å². The normalized spacial score (nSPS) is 14.8. The first-order chi connectivity index (χ1) is 14.7. The van der Waals surface area contributed by atoms with Gasteiger partial charge >= 0.3 is 0 Å². The van der Waals surface area contributed by atoms with E-state index < -0.39 is 16.9 Å². The van der Waals surface area contributed by atoms with Crippen LogP contribution in [0.3, 0.4) is 0 Å². The fourth-order valence-electron chi connectivity index (χ4n) is 3.61. The number of aryl methyl sites for hydroxylation is 2.